The van der Waals surface area contributed by atoms with Crippen molar-refractivity contribution in [2.45, 2.75) is 25.3 Å². The van der Waals surface area contributed by atoms with Crippen molar-refractivity contribution in [3.8, 4) is 0 Å². The van der Waals surface area contributed by atoms with Crippen LogP contribution in [-0.4, -0.2) is 23.0 Å². The highest BCUT2D eigenvalue weighted by atomic mass is 16.4. The van der Waals surface area contributed by atoms with Crippen molar-refractivity contribution >= 4 is 11.9 Å². The van der Waals surface area contributed by atoms with Gasteiger partial charge < -0.3 is 10.4 Å². The van der Waals surface area contributed by atoms with Crippen molar-refractivity contribution in [1.29, 1.82) is 0 Å². The van der Waals surface area contributed by atoms with E-state index in [1.807, 2.05) is 6.08 Å². The van der Waals surface area contributed by atoms with E-state index in [-0.39, 0.29) is 17.5 Å². The molecule has 0 saturated carbocycles. The van der Waals surface area contributed by atoms with Crippen molar-refractivity contribution < 1.29 is 14.7 Å². The molecule has 0 bridgehead atoms. The summed E-state index contributed by atoms with van der Waals surface area (Å²) < 4.78 is 0. The average Bonchev–Trinajstić information content (AvgIpc) is 2.40. The number of carboxylic acid groups (broad SMARTS) is 1. The lowest BCUT2D eigenvalue weighted by Gasteiger charge is -2.17. The third-order valence-corrected chi connectivity index (χ3v) is 2.96. The van der Waals surface area contributed by atoms with Crippen LogP contribution >= 0.6 is 0 Å². The maximum absolute atomic E-state index is 11.9. The van der Waals surface area contributed by atoms with Gasteiger partial charge in [-0.3, -0.25) is 4.79 Å². The van der Waals surface area contributed by atoms with Crippen LogP contribution in [-0.2, 0) is 0 Å². The molecule has 0 aromatic heterocycles. The predicted molar refractivity (Wildman–Crippen MR) is 67.6 cm³/mol. The summed E-state index contributed by atoms with van der Waals surface area (Å²) in [5.74, 6) is -1.15. The van der Waals surface area contributed by atoms with Crippen LogP contribution in [0.3, 0.4) is 0 Å². The fraction of sp³-hybridized carbons (Fsp3) is 0.286. The maximum Gasteiger partial charge on any atom is 0.335 e. The summed E-state index contributed by atoms with van der Waals surface area (Å²) in [5.41, 5.74) is 0.670. The van der Waals surface area contributed by atoms with E-state index in [1.54, 1.807) is 0 Å². The molecule has 0 saturated heterocycles. The monoisotopic (exact) mass is 245 g/mol. The standard InChI is InChI=1S/C14H15NO3/c16-13(15-12-4-2-1-3-5-12)10-6-8-11(9-7-10)14(17)18/h2,4,6-9,12H,1,3,5H2,(H,15,16)(H,17,18). The Morgan fingerprint density at radius 2 is 1.83 bits per heavy atom. The van der Waals surface area contributed by atoms with Crippen molar-refractivity contribution in [1.82, 2.24) is 5.32 Å². The highest BCUT2D eigenvalue weighted by molar-refractivity contribution is 5.96. The lowest BCUT2D eigenvalue weighted by Crippen LogP contribution is -2.34. The van der Waals surface area contributed by atoms with Gasteiger partial charge in [0.05, 0.1) is 5.56 Å². The van der Waals surface area contributed by atoms with E-state index in [4.69, 9.17) is 5.11 Å². The number of nitrogens with one attached hydrogen (secondary N) is 1. The van der Waals surface area contributed by atoms with Crippen LogP contribution in [0.5, 0.6) is 0 Å². The molecule has 18 heavy (non-hydrogen) atoms. The van der Waals surface area contributed by atoms with Gasteiger partial charge in [-0.2, -0.15) is 0 Å². The average molecular weight is 245 g/mol. The molecule has 94 valence electrons. The van der Waals surface area contributed by atoms with E-state index in [2.05, 4.69) is 11.4 Å². The van der Waals surface area contributed by atoms with Crippen LogP contribution in [0.15, 0.2) is 36.4 Å². The lowest BCUT2D eigenvalue weighted by atomic mass is 10.0. The minimum absolute atomic E-state index is 0.0883. The fourth-order valence-electron chi connectivity index (χ4n) is 1.95. The number of carbonyl (C=O) groups excluding carboxylic acids is 1. The number of carboxylic acids is 1. The largest absolute Gasteiger partial charge is 0.478 e. The van der Waals surface area contributed by atoms with Gasteiger partial charge >= 0.3 is 5.97 Å². The number of allylic oxidation sites excluding steroid dienone is 1. The highest BCUT2D eigenvalue weighted by Crippen LogP contribution is 2.11. The van der Waals surface area contributed by atoms with E-state index in [9.17, 15) is 9.59 Å². The summed E-state index contributed by atoms with van der Waals surface area (Å²) in [5, 5.41) is 11.7. The molecule has 1 aliphatic carbocycles. The van der Waals surface area contributed by atoms with Gasteiger partial charge in [-0.25, -0.2) is 4.79 Å². The first kappa shape index (κ1) is 12.4. The van der Waals surface area contributed by atoms with Gasteiger partial charge in [0.25, 0.3) is 5.91 Å². The molecule has 0 aliphatic heterocycles. The Balaban J connectivity index is 2.02. The molecule has 1 aromatic carbocycles. The molecule has 4 heteroatoms. The maximum atomic E-state index is 11.9. The lowest BCUT2D eigenvalue weighted by molar-refractivity contribution is 0.0696. The van der Waals surface area contributed by atoms with Crippen molar-refractivity contribution in [3.63, 3.8) is 0 Å². The summed E-state index contributed by atoms with van der Waals surface area (Å²) in [4.78, 5) is 22.6. The molecule has 0 fully saturated rings. The second-order valence-electron chi connectivity index (χ2n) is 4.32. The van der Waals surface area contributed by atoms with Crippen LogP contribution < -0.4 is 5.32 Å². The Morgan fingerprint density at radius 1 is 1.17 bits per heavy atom. The van der Waals surface area contributed by atoms with Gasteiger partial charge in [-0.15, -0.1) is 0 Å². The molecule has 4 nitrogen and oxygen atoms in total. The Kier molecular flexibility index (Phi) is 3.77. The Labute approximate surface area is 105 Å². The van der Waals surface area contributed by atoms with Gasteiger partial charge in [0.2, 0.25) is 0 Å². The van der Waals surface area contributed by atoms with Crippen LogP contribution in [0.4, 0.5) is 0 Å². The summed E-state index contributed by atoms with van der Waals surface area (Å²) in [6.07, 6.45) is 7.18. The smallest absolute Gasteiger partial charge is 0.335 e. The first-order valence-electron chi connectivity index (χ1n) is 5.98. The zero-order chi connectivity index (χ0) is 13.0. The van der Waals surface area contributed by atoms with Gasteiger partial charge in [0.1, 0.15) is 0 Å². The van der Waals surface area contributed by atoms with Gasteiger partial charge in [-0.1, -0.05) is 12.2 Å². The minimum atomic E-state index is -0.989. The van der Waals surface area contributed by atoms with Crippen molar-refractivity contribution in [2.24, 2.45) is 0 Å². The van der Waals surface area contributed by atoms with Crippen LogP contribution in [0, 0.1) is 0 Å². The second kappa shape index (κ2) is 5.49. The predicted octanol–water partition coefficient (Wildman–Crippen LogP) is 2.22. The van der Waals surface area contributed by atoms with E-state index < -0.39 is 5.97 Å². The molecule has 1 atom stereocenters. The van der Waals surface area contributed by atoms with Crippen molar-refractivity contribution in [2.75, 3.05) is 0 Å². The number of amides is 1. The summed E-state index contributed by atoms with van der Waals surface area (Å²) in [7, 11) is 0. The summed E-state index contributed by atoms with van der Waals surface area (Å²) in [6.45, 7) is 0. The van der Waals surface area contributed by atoms with Crippen LogP contribution in [0.2, 0.25) is 0 Å². The molecule has 0 radical (unpaired) electrons. The van der Waals surface area contributed by atoms with E-state index in [0.717, 1.165) is 19.3 Å². The van der Waals surface area contributed by atoms with E-state index in [0.29, 0.717) is 5.56 Å². The first-order valence-corrected chi connectivity index (χ1v) is 5.98. The highest BCUT2D eigenvalue weighted by Gasteiger charge is 2.13. The van der Waals surface area contributed by atoms with E-state index >= 15 is 0 Å². The molecule has 1 unspecified atom stereocenters. The third kappa shape index (κ3) is 2.97. The van der Waals surface area contributed by atoms with E-state index in [1.165, 1.54) is 24.3 Å². The van der Waals surface area contributed by atoms with Gasteiger partial charge in [0, 0.05) is 11.6 Å². The Hall–Kier alpha value is -2.10. The van der Waals surface area contributed by atoms with Gasteiger partial charge in [-0.05, 0) is 43.5 Å². The Morgan fingerprint density at radius 3 is 2.39 bits per heavy atom. The summed E-state index contributed by atoms with van der Waals surface area (Å²) in [6, 6.07) is 6.03. The molecule has 0 spiro atoms. The van der Waals surface area contributed by atoms with Crippen LogP contribution in [0.1, 0.15) is 40.0 Å². The number of hydrogen-bond acceptors (Lipinski definition) is 2. The number of rotatable bonds is 3. The van der Waals surface area contributed by atoms with Crippen LogP contribution in [0.25, 0.3) is 0 Å². The number of hydrogen-bond donors (Lipinski definition) is 2. The molecule has 1 amide bonds. The molecule has 1 aliphatic rings. The SMILES string of the molecule is O=C(O)c1ccc(C(=O)NC2C=CCCC2)cc1. The molecule has 2 N–H and O–H groups in total. The second-order valence-corrected chi connectivity index (χ2v) is 4.32. The number of benzene rings is 1. The molecular weight excluding hydrogens is 230 g/mol. The fourth-order valence-corrected chi connectivity index (χ4v) is 1.95. The Bertz CT molecular complexity index is 476. The summed E-state index contributed by atoms with van der Waals surface area (Å²) >= 11 is 0. The first-order chi connectivity index (χ1) is 8.66. The molecule has 0 heterocycles. The zero-order valence-corrected chi connectivity index (χ0v) is 9.93. The van der Waals surface area contributed by atoms with Gasteiger partial charge in [0.15, 0.2) is 0 Å². The molecule has 1 aromatic rings. The topological polar surface area (TPSA) is 66.4 Å². The minimum Gasteiger partial charge on any atom is -0.478 e. The number of carbonyl (C=O) groups is 2. The quantitative estimate of drug-likeness (QED) is 0.802. The zero-order valence-electron chi connectivity index (χ0n) is 9.93. The molecule has 2 rings (SSSR count). The third-order valence-electron chi connectivity index (χ3n) is 2.96. The number of aromatic carboxylic acids is 1. The van der Waals surface area contributed by atoms with Crippen molar-refractivity contribution in [3.05, 3.63) is 47.5 Å². The normalized spacial score (nSPS) is 18.3. The molecular formula is C14H15NO3.